The second-order valence-electron chi connectivity index (χ2n) is 5.51. The molecule has 3 rings (SSSR count). The molecule has 1 aromatic rings. The monoisotopic (exact) mass is 251 g/mol. The number of fused-ring (bicyclic) bond motifs is 1. The molecule has 3 nitrogen and oxygen atoms in total. The summed E-state index contributed by atoms with van der Waals surface area (Å²) in [5.74, 6) is 1.75. The average Bonchev–Trinajstić information content (AvgIpc) is 2.30. The molecule has 1 saturated carbocycles. The zero-order valence-electron chi connectivity index (χ0n) is 10.1. The normalized spacial score (nSPS) is 31.5. The minimum Gasteiger partial charge on any atom is -0.380 e. The van der Waals surface area contributed by atoms with E-state index in [0.717, 1.165) is 24.0 Å². The van der Waals surface area contributed by atoms with Gasteiger partial charge < -0.3 is 10.6 Å². The molecule has 0 amide bonds. The first-order valence-corrected chi connectivity index (χ1v) is 6.72. The van der Waals surface area contributed by atoms with Gasteiger partial charge in [0.15, 0.2) is 0 Å². The van der Waals surface area contributed by atoms with Crippen molar-refractivity contribution in [3.05, 3.63) is 17.3 Å². The maximum atomic E-state index is 5.95. The highest BCUT2D eigenvalue weighted by molar-refractivity contribution is 6.30. The molecule has 4 heteroatoms. The molecule has 2 N–H and O–H groups in total. The van der Waals surface area contributed by atoms with Gasteiger partial charge in [-0.15, -0.1) is 0 Å². The Kier molecular flexibility index (Phi) is 2.66. The van der Waals surface area contributed by atoms with Crippen molar-refractivity contribution >= 4 is 23.1 Å². The summed E-state index contributed by atoms with van der Waals surface area (Å²) in [6.07, 6.45) is 6.82. The van der Waals surface area contributed by atoms with E-state index in [2.05, 4.69) is 22.5 Å². The van der Waals surface area contributed by atoms with Crippen LogP contribution in [0.5, 0.6) is 0 Å². The number of nitrogens with one attached hydrogen (secondary N) is 2. The SMILES string of the molecule is CC1CCCC2(CNc3cc(Cl)cnc3N2)C1. The van der Waals surface area contributed by atoms with Crippen molar-refractivity contribution in [1.82, 2.24) is 4.98 Å². The Morgan fingerprint density at radius 3 is 3.24 bits per heavy atom. The molecule has 1 aliphatic heterocycles. The third kappa shape index (κ3) is 2.08. The summed E-state index contributed by atoms with van der Waals surface area (Å²) < 4.78 is 0. The Morgan fingerprint density at radius 1 is 1.53 bits per heavy atom. The molecule has 0 bridgehead atoms. The first kappa shape index (κ1) is 11.1. The molecular formula is C13H18ClN3. The minimum atomic E-state index is 0.200. The van der Waals surface area contributed by atoms with Crippen LogP contribution in [0.25, 0.3) is 0 Å². The van der Waals surface area contributed by atoms with Crippen LogP contribution in [0.4, 0.5) is 11.5 Å². The van der Waals surface area contributed by atoms with Crippen molar-refractivity contribution in [3.8, 4) is 0 Å². The van der Waals surface area contributed by atoms with Crippen LogP contribution in [0.15, 0.2) is 12.3 Å². The van der Waals surface area contributed by atoms with Gasteiger partial charge in [-0.05, 0) is 24.8 Å². The van der Waals surface area contributed by atoms with E-state index < -0.39 is 0 Å². The van der Waals surface area contributed by atoms with Gasteiger partial charge >= 0.3 is 0 Å². The lowest BCUT2D eigenvalue weighted by Crippen LogP contribution is -2.50. The van der Waals surface area contributed by atoms with E-state index >= 15 is 0 Å². The summed E-state index contributed by atoms with van der Waals surface area (Å²) in [6, 6.07) is 1.94. The van der Waals surface area contributed by atoms with Crippen LogP contribution in [-0.4, -0.2) is 17.1 Å². The second kappa shape index (κ2) is 4.05. The van der Waals surface area contributed by atoms with Crippen LogP contribution in [-0.2, 0) is 0 Å². The molecule has 2 atom stereocenters. The largest absolute Gasteiger partial charge is 0.380 e. The van der Waals surface area contributed by atoms with E-state index in [1.54, 1.807) is 6.20 Å². The van der Waals surface area contributed by atoms with Crippen LogP contribution in [0.2, 0.25) is 5.02 Å². The third-order valence-electron chi connectivity index (χ3n) is 3.95. The predicted octanol–water partition coefficient (Wildman–Crippen LogP) is 3.52. The lowest BCUT2D eigenvalue weighted by molar-refractivity contribution is 0.266. The molecule has 0 radical (unpaired) electrons. The van der Waals surface area contributed by atoms with Gasteiger partial charge in [0.1, 0.15) is 5.82 Å². The van der Waals surface area contributed by atoms with Gasteiger partial charge in [-0.1, -0.05) is 31.4 Å². The van der Waals surface area contributed by atoms with Crippen molar-refractivity contribution in [3.63, 3.8) is 0 Å². The summed E-state index contributed by atoms with van der Waals surface area (Å²) in [5, 5.41) is 7.80. The Balaban J connectivity index is 1.86. The predicted molar refractivity (Wildman–Crippen MR) is 71.7 cm³/mol. The van der Waals surface area contributed by atoms with Gasteiger partial charge in [0.2, 0.25) is 0 Å². The molecule has 2 unspecified atom stereocenters. The molecule has 17 heavy (non-hydrogen) atoms. The highest BCUT2D eigenvalue weighted by atomic mass is 35.5. The van der Waals surface area contributed by atoms with E-state index in [-0.39, 0.29) is 5.54 Å². The lowest BCUT2D eigenvalue weighted by Gasteiger charge is -2.44. The smallest absolute Gasteiger partial charge is 0.149 e. The third-order valence-corrected chi connectivity index (χ3v) is 4.15. The number of pyridine rings is 1. The minimum absolute atomic E-state index is 0.200. The number of halogens is 1. The fourth-order valence-corrected chi connectivity index (χ4v) is 3.33. The van der Waals surface area contributed by atoms with Gasteiger partial charge in [-0.2, -0.15) is 0 Å². The molecule has 2 aliphatic rings. The van der Waals surface area contributed by atoms with Crippen LogP contribution in [0.1, 0.15) is 32.6 Å². The van der Waals surface area contributed by atoms with Crippen LogP contribution < -0.4 is 10.6 Å². The summed E-state index contributed by atoms with van der Waals surface area (Å²) >= 11 is 5.95. The van der Waals surface area contributed by atoms with Crippen molar-refractivity contribution in [2.45, 2.75) is 38.1 Å². The molecule has 1 spiro atoms. The molecule has 0 aromatic carbocycles. The molecule has 0 saturated heterocycles. The second-order valence-corrected chi connectivity index (χ2v) is 5.95. The lowest BCUT2D eigenvalue weighted by atomic mass is 9.75. The van der Waals surface area contributed by atoms with Crippen molar-refractivity contribution in [2.75, 3.05) is 17.2 Å². The van der Waals surface area contributed by atoms with Crippen molar-refractivity contribution < 1.29 is 0 Å². The fraction of sp³-hybridized carbons (Fsp3) is 0.615. The maximum Gasteiger partial charge on any atom is 0.149 e. The van der Waals surface area contributed by atoms with E-state index in [0.29, 0.717) is 5.02 Å². The Hall–Kier alpha value is -0.960. The molecule has 1 aliphatic carbocycles. The van der Waals surface area contributed by atoms with E-state index in [1.807, 2.05) is 6.07 Å². The summed E-state index contributed by atoms with van der Waals surface area (Å²) in [5.41, 5.74) is 1.23. The van der Waals surface area contributed by atoms with Crippen LogP contribution in [0, 0.1) is 5.92 Å². The number of aromatic nitrogens is 1. The van der Waals surface area contributed by atoms with Crippen LogP contribution in [0.3, 0.4) is 0 Å². The van der Waals surface area contributed by atoms with E-state index in [1.165, 1.54) is 25.7 Å². The average molecular weight is 252 g/mol. The molecule has 1 fully saturated rings. The van der Waals surface area contributed by atoms with E-state index in [9.17, 15) is 0 Å². The number of hydrogen-bond acceptors (Lipinski definition) is 3. The first-order chi connectivity index (χ1) is 8.17. The van der Waals surface area contributed by atoms with Crippen molar-refractivity contribution in [1.29, 1.82) is 0 Å². The van der Waals surface area contributed by atoms with Gasteiger partial charge in [-0.25, -0.2) is 4.98 Å². The standard InChI is InChI=1S/C13H18ClN3/c1-9-3-2-4-13(6-9)8-16-11-5-10(14)7-15-12(11)17-13/h5,7,9,16H,2-4,6,8H2,1H3,(H,15,17). The number of hydrogen-bond donors (Lipinski definition) is 2. The Bertz CT molecular complexity index is 435. The number of anilines is 2. The molecule has 92 valence electrons. The van der Waals surface area contributed by atoms with Gasteiger partial charge in [0.25, 0.3) is 0 Å². The number of rotatable bonds is 0. The summed E-state index contributed by atoms with van der Waals surface area (Å²) in [6.45, 7) is 3.32. The van der Waals surface area contributed by atoms with E-state index in [4.69, 9.17) is 11.6 Å². The highest BCUT2D eigenvalue weighted by Crippen LogP contribution is 2.39. The molecule has 2 heterocycles. The van der Waals surface area contributed by atoms with Crippen molar-refractivity contribution in [2.24, 2.45) is 5.92 Å². The van der Waals surface area contributed by atoms with Gasteiger partial charge in [0.05, 0.1) is 16.2 Å². The zero-order chi connectivity index (χ0) is 11.9. The fourth-order valence-electron chi connectivity index (χ4n) is 3.17. The summed E-state index contributed by atoms with van der Waals surface area (Å²) in [7, 11) is 0. The topological polar surface area (TPSA) is 37.0 Å². The molecule has 1 aromatic heterocycles. The number of nitrogens with zero attached hydrogens (tertiary/aromatic N) is 1. The zero-order valence-corrected chi connectivity index (χ0v) is 10.8. The molecular weight excluding hydrogens is 234 g/mol. The Labute approximate surface area is 107 Å². The van der Waals surface area contributed by atoms with Gasteiger partial charge in [0, 0.05) is 12.7 Å². The van der Waals surface area contributed by atoms with Crippen LogP contribution >= 0.6 is 11.6 Å². The highest BCUT2D eigenvalue weighted by Gasteiger charge is 2.37. The summed E-state index contributed by atoms with van der Waals surface area (Å²) in [4.78, 5) is 4.39. The Morgan fingerprint density at radius 2 is 2.41 bits per heavy atom. The van der Waals surface area contributed by atoms with Gasteiger partial charge in [-0.3, -0.25) is 0 Å². The first-order valence-electron chi connectivity index (χ1n) is 6.34. The quantitative estimate of drug-likeness (QED) is 0.741. The maximum absolute atomic E-state index is 5.95.